The van der Waals surface area contributed by atoms with Gasteiger partial charge in [0.05, 0.1) is 5.39 Å². The Kier molecular flexibility index (Phi) is 3.82. The van der Waals surface area contributed by atoms with Gasteiger partial charge in [-0.1, -0.05) is 17.3 Å². The molecule has 0 aliphatic heterocycles. The Morgan fingerprint density at radius 2 is 1.96 bits per heavy atom. The van der Waals surface area contributed by atoms with Gasteiger partial charge in [-0.05, 0) is 39.0 Å². The SMILES string of the molecule is CCn1c(C)cc(C(=O)Cn2nnc3ccccc3c2=O)c1C. The molecular formula is C17H18N4O2. The number of ketones is 1. The monoisotopic (exact) mass is 310 g/mol. The van der Waals surface area contributed by atoms with Crippen molar-refractivity contribution in [1.29, 1.82) is 0 Å². The van der Waals surface area contributed by atoms with E-state index in [0.717, 1.165) is 22.6 Å². The molecule has 0 N–H and O–H groups in total. The highest BCUT2D eigenvalue weighted by molar-refractivity contribution is 5.97. The van der Waals surface area contributed by atoms with E-state index < -0.39 is 0 Å². The summed E-state index contributed by atoms with van der Waals surface area (Å²) in [7, 11) is 0. The lowest BCUT2D eigenvalue weighted by atomic mass is 10.1. The molecule has 3 aromatic rings. The summed E-state index contributed by atoms with van der Waals surface area (Å²) in [5, 5.41) is 8.35. The number of hydrogen-bond donors (Lipinski definition) is 0. The summed E-state index contributed by atoms with van der Waals surface area (Å²) >= 11 is 0. The van der Waals surface area contributed by atoms with Gasteiger partial charge in [0.15, 0.2) is 5.78 Å². The Morgan fingerprint density at radius 1 is 1.22 bits per heavy atom. The van der Waals surface area contributed by atoms with Crippen molar-refractivity contribution in [3.05, 3.63) is 57.6 Å². The van der Waals surface area contributed by atoms with Crippen molar-refractivity contribution < 1.29 is 4.79 Å². The molecule has 0 atom stereocenters. The summed E-state index contributed by atoms with van der Waals surface area (Å²) < 4.78 is 3.20. The Labute approximate surface area is 133 Å². The van der Waals surface area contributed by atoms with Gasteiger partial charge in [0.1, 0.15) is 12.1 Å². The van der Waals surface area contributed by atoms with Gasteiger partial charge in [-0.25, -0.2) is 4.68 Å². The lowest BCUT2D eigenvalue weighted by Crippen LogP contribution is -2.28. The van der Waals surface area contributed by atoms with Gasteiger partial charge in [-0.2, -0.15) is 0 Å². The van der Waals surface area contributed by atoms with Crippen LogP contribution in [0.15, 0.2) is 35.1 Å². The fraction of sp³-hybridized carbons (Fsp3) is 0.294. The van der Waals surface area contributed by atoms with Crippen molar-refractivity contribution in [3.8, 4) is 0 Å². The molecule has 0 spiro atoms. The largest absolute Gasteiger partial charge is 0.349 e. The molecule has 6 nitrogen and oxygen atoms in total. The van der Waals surface area contributed by atoms with Gasteiger partial charge < -0.3 is 4.57 Å². The molecule has 1 aromatic carbocycles. The van der Waals surface area contributed by atoms with E-state index in [4.69, 9.17) is 0 Å². The summed E-state index contributed by atoms with van der Waals surface area (Å²) in [4.78, 5) is 25.0. The highest BCUT2D eigenvalue weighted by Crippen LogP contribution is 2.16. The highest BCUT2D eigenvalue weighted by atomic mass is 16.1. The molecule has 0 unspecified atom stereocenters. The van der Waals surface area contributed by atoms with Crippen LogP contribution >= 0.6 is 0 Å². The van der Waals surface area contributed by atoms with Crippen LogP contribution in [0.3, 0.4) is 0 Å². The van der Waals surface area contributed by atoms with Crippen LogP contribution in [0.25, 0.3) is 10.9 Å². The minimum absolute atomic E-state index is 0.106. The van der Waals surface area contributed by atoms with Crippen LogP contribution in [0.2, 0.25) is 0 Å². The number of carbonyl (C=O) groups is 1. The number of Topliss-reactive ketones (excluding diaryl/α,β-unsaturated/α-hetero) is 1. The quantitative estimate of drug-likeness (QED) is 0.692. The van der Waals surface area contributed by atoms with Crippen LogP contribution in [-0.4, -0.2) is 25.3 Å². The molecule has 2 heterocycles. The zero-order valence-electron chi connectivity index (χ0n) is 13.4. The number of nitrogens with zero attached hydrogens (tertiary/aromatic N) is 4. The summed E-state index contributed by atoms with van der Waals surface area (Å²) in [6, 6.07) is 8.85. The molecule has 0 aliphatic carbocycles. The third-order valence-electron chi connectivity index (χ3n) is 4.11. The number of benzene rings is 1. The first-order valence-corrected chi connectivity index (χ1v) is 7.55. The van der Waals surface area contributed by atoms with Crippen molar-refractivity contribution in [2.75, 3.05) is 0 Å². The molecule has 6 heteroatoms. The zero-order valence-corrected chi connectivity index (χ0v) is 13.4. The molecule has 3 rings (SSSR count). The van der Waals surface area contributed by atoms with E-state index in [2.05, 4.69) is 14.9 Å². The Hall–Kier alpha value is -2.76. The summed E-state index contributed by atoms with van der Waals surface area (Å²) in [5.74, 6) is -0.135. The molecule has 0 saturated carbocycles. The Bertz CT molecular complexity index is 953. The van der Waals surface area contributed by atoms with Crippen molar-refractivity contribution in [2.24, 2.45) is 0 Å². The fourth-order valence-corrected chi connectivity index (χ4v) is 2.92. The summed E-state index contributed by atoms with van der Waals surface area (Å²) in [5.41, 5.74) is 2.81. The van der Waals surface area contributed by atoms with E-state index in [-0.39, 0.29) is 17.9 Å². The second kappa shape index (κ2) is 5.79. The topological polar surface area (TPSA) is 69.8 Å². The van der Waals surface area contributed by atoms with Crippen molar-refractivity contribution >= 4 is 16.7 Å². The van der Waals surface area contributed by atoms with Gasteiger partial charge in [0.25, 0.3) is 5.56 Å². The van der Waals surface area contributed by atoms with Crippen LogP contribution in [0.5, 0.6) is 0 Å². The standard InChI is InChI=1S/C17H18N4O2/c1-4-20-11(2)9-14(12(20)3)16(22)10-21-17(23)13-7-5-6-8-15(13)18-19-21/h5-9H,4,10H2,1-3H3. The average Bonchev–Trinajstić information content (AvgIpc) is 2.84. The van der Waals surface area contributed by atoms with E-state index in [0.29, 0.717) is 16.5 Å². The molecule has 23 heavy (non-hydrogen) atoms. The van der Waals surface area contributed by atoms with Crippen LogP contribution in [0, 0.1) is 13.8 Å². The van der Waals surface area contributed by atoms with Crippen LogP contribution in [0.1, 0.15) is 28.7 Å². The number of carbonyl (C=O) groups excluding carboxylic acids is 1. The van der Waals surface area contributed by atoms with E-state index >= 15 is 0 Å². The molecule has 0 aliphatic rings. The first kappa shape index (κ1) is 15.1. The Morgan fingerprint density at radius 3 is 2.65 bits per heavy atom. The molecule has 0 saturated heterocycles. The lowest BCUT2D eigenvalue weighted by molar-refractivity contribution is 0.0964. The number of aromatic nitrogens is 4. The van der Waals surface area contributed by atoms with Crippen molar-refractivity contribution in [1.82, 2.24) is 19.6 Å². The maximum atomic E-state index is 12.6. The molecule has 0 radical (unpaired) electrons. The molecule has 2 aromatic heterocycles. The van der Waals surface area contributed by atoms with Gasteiger partial charge in [-0.15, -0.1) is 5.10 Å². The zero-order chi connectivity index (χ0) is 16.6. The maximum Gasteiger partial charge on any atom is 0.278 e. The Balaban J connectivity index is 1.98. The van der Waals surface area contributed by atoms with Crippen molar-refractivity contribution in [3.63, 3.8) is 0 Å². The molecular weight excluding hydrogens is 292 g/mol. The smallest absolute Gasteiger partial charge is 0.278 e. The lowest BCUT2D eigenvalue weighted by Gasteiger charge is -2.06. The first-order chi connectivity index (χ1) is 11.0. The van der Waals surface area contributed by atoms with E-state index in [9.17, 15) is 9.59 Å². The fourth-order valence-electron chi connectivity index (χ4n) is 2.92. The average molecular weight is 310 g/mol. The van der Waals surface area contributed by atoms with Crippen molar-refractivity contribution in [2.45, 2.75) is 33.9 Å². The third-order valence-corrected chi connectivity index (χ3v) is 4.11. The third kappa shape index (κ3) is 2.56. The van der Waals surface area contributed by atoms with Crippen LogP contribution in [-0.2, 0) is 13.1 Å². The van der Waals surface area contributed by atoms with Gasteiger partial charge in [-0.3, -0.25) is 9.59 Å². The van der Waals surface area contributed by atoms with Crippen LogP contribution < -0.4 is 5.56 Å². The summed E-state index contributed by atoms with van der Waals surface area (Å²) in [6.45, 7) is 6.62. The second-order valence-electron chi connectivity index (χ2n) is 5.52. The highest BCUT2D eigenvalue weighted by Gasteiger charge is 2.17. The predicted molar refractivity (Wildman–Crippen MR) is 87.7 cm³/mol. The van der Waals surface area contributed by atoms with Gasteiger partial charge in [0, 0.05) is 23.5 Å². The van der Waals surface area contributed by atoms with E-state index in [1.54, 1.807) is 24.3 Å². The van der Waals surface area contributed by atoms with E-state index in [1.807, 2.05) is 26.8 Å². The molecule has 0 amide bonds. The second-order valence-corrected chi connectivity index (χ2v) is 5.52. The minimum atomic E-state index is -0.298. The predicted octanol–water partition coefficient (Wildman–Crippen LogP) is 2.11. The van der Waals surface area contributed by atoms with Gasteiger partial charge in [0.2, 0.25) is 0 Å². The van der Waals surface area contributed by atoms with Crippen LogP contribution in [0.4, 0.5) is 0 Å². The number of fused-ring (bicyclic) bond motifs is 1. The summed E-state index contributed by atoms with van der Waals surface area (Å²) in [6.07, 6.45) is 0. The molecule has 0 bridgehead atoms. The normalized spacial score (nSPS) is 11.1. The van der Waals surface area contributed by atoms with Gasteiger partial charge >= 0.3 is 0 Å². The minimum Gasteiger partial charge on any atom is -0.349 e. The number of rotatable bonds is 4. The molecule has 0 fully saturated rings. The van der Waals surface area contributed by atoms with E-state index in [1.165, 1.54) is 0 Å². The number of aryl methyl sites for hydroxylation is 1. The number of hydrogen-bond acceptors (Lipinski definition) is 4. The molecule has 118 valence electrons. The first-order valence-electron chi connectivity index (χ1n) is 7.55. The maximum absolute atomic E-state index is 12.6.